The third-order valence-electron chi connectivity index (χ3n) is 4.96. The van der Waals surface area contributed by atoms with E-state index in [4.69, 9.17) is 17.3 Å². The smallest absolute Gasteiger partial charge is 0.330 e. The van der Waals surface area contributed by atoms with E-state index in [1.54, 1.807) is 18.2 Å². The highest BCUT2D eigenvalue weighted by atomic mass is 35.5. The number of hydrogen-bond donors (Lipinski definition) is 2. The molecule has 0 atom stereocenters. The van der Waals surface area contributed by atoms with Gasteiger partial charge in [0, 0.05) is 23.0 Å². The number of nitrogens with zero attached hydrogens (tertiary/aromatic N) is 2. The number of carbonyl (C=O) groups excluding carboxylic acids is 1. The van der Waals surface area contributed by atoms with Crippen molar-refractivity contribution in [1.82, 2.24) is 9.55 Å². The molecule has 9 heteroatoms. The minimum atomic E-state index is -0.661. The van der Waals surface area contributed by atoms with Crippen LogP contribution in [0.2, 0.25) is 5.02 Å². The zero-order valence-corrected chi connectivity index (χ0v) is 19.9. The highest BCUT2D eigenvalue weighted by Gasteiger charge is 2.26. The van der Waals surface area contributed by atoms with Gasteiger partial charge in [-0.3, -0.25) is 24.0 Å². The highest BCUT2D eigenvalue weighted by molar-refractivity contribution is 7.17. The van der Waals surface area contributed by atoms with Gasteiger partial charge in [-0.2, -0.15) is 0 Å². The van der Waals surface area contributed by atoms with E-state index in [1.807, 2.05) is 39.0 Å². The summed E-state index contributed by atoms with van der Waals surface area (Å²) in [5.74, 6) is -0.185. The number of unbranched alkanes of at least 4 members (excludes halogenated alkanes) is 1. The van der Waals surface area contributed by atoms with Crippen LogP contribution in [0.1, 0.15) is 43.3 Å². The van der Waals surface area contributed by atoms with E-state index in [-0.39, 0.29) is 23.3 Å². The van der Waals surface area contributed by atoms with Crippen LogP contribution < -0.4 is 21.9 Å². The van der Waals surface area contributed by atoms with Crippen LogP contribution in [-0.2, 0) is 6.54 Å². The van der Waals surface area contributed by atoms with Gasteiger partial charge in [-0.25, -0.2) is 4.79 Å². The molecule has 0 radical (unpaired) electrons. The number of H-pyrrole nitrogens is 1. The molecule has 0 unspecified atom stereocenters. The molecular formula is C23H27ClN4O3S. The Bertz CT molecular complexity index is 1210. The number of carbonyl (C=O) groups is 1. The average Bonchev–Trinajstić information content (AvgIpc) is 3.23. The van der Waals surface area contributed by atoms with Crippen molar-refractivity contribution >= 4 is 40.4 Å². The van der Waals surface area contributed by atoms with Gasteiger partial charge >= 0.3 is 5.69 Å². The fraction of sp³-hybridized carbons (Fsp3) is 0.348. The molecule has 2 heterocycles. The Hall–Kier alpha value is -2.84. The molecule has 1 aromatic carbocycles. The minimum absolute atomic E-state index is 0.00591. The number of nitrogen functional groups attached to an aromatic ring is 1. The van der Waals surface area contributed by atoms with Crippen molar-refractivity contribution < 1.29 is 4.79 Å². The first-order valence-corrected chi connectivity index (χ1v) is 11.7. The summed E-state index contributed by atoms with van der Waals surface area (Å²) in [5.41, 5.74) is 6.00. The third-order valence-corrected chi connectivity index (χ3v) is 6.33. The van der Waals surface area contributed by atoms with Gasteiger partial charge < -0.3 is 5.73 Å². The molecule has 3 aromatic rings. The molecule has 0 bridgehead atoms. The minimum Gasteiger partial charge on any atom is -0.383 e. The van der Waals surface area contributed by atoms with Crippen molar-refractivity contribution in [3.63, 3.8) is 0 Å². The van der Waals surface area contributed by atoms with E-state index in [1.165, 1.54) is 20.8 Å². The first kappa shape index (κ1) is 23.8. The third kappa shape index (κ3) is 5.14. The number of benzene rings is 1. The molecule has 1 amide bonds. The Morgan fingerprint density at radius 2 is 1.88 bits per heavy atom. The second-order valence-electron chi connectivity index (χ2n) is 7.98. The summed E-state index contributed by atoms with van der Waals surface area (Å²) in [6, 6.07) is 11.0. The maximum atomic E-state index is 13.5. The van der Waals surface area contributed by atoms with Crippen LogP contribution in [-0.4, -0.2) is 22.0 Å². The molecule has 0 saturated carbocycles. The topological polar surface area (TPSA) is 101 Å². The number of nitrogens with one attached hydrogen (secondary N) is 1. The Morgan fingerprint density at radius 3 is 2.50 bits per heavy atom. The van der Waals surface area contributed by atoms with Crippen LogP contribution in [0.25, 0.3) is 10.4 Å². The summed E-state index contributed by atoms with van der Waals surface area (Å²) < 4.78 is 1.32. The summed E-state index contributed by atoms with van der Waals surface area (Å²) in [6.07, 6.45) is 1.51. The molecule has 0 spiro atoms. The quantitative estimate of drug-likeness (QED) is 0.498. The molecule has 0 fully saturated rings. The number of aromatic nitrogens is 2. The van der Waals surface area contributed by atoms with Crippen molar-refractivity contribution in [2.75, 3.05) is 17.2 Å². The Labute approximate surface area is 195 Å². The van der Waals surface area contributed by atoms with Gasteiger partial charge in [0.25, 0.3) is 11.5 Å². The number of anilines is 2. The molecule has 0 aliphatic rings. The average molecular weight is 475 g/mol. The van der Waals surface area contributed by atoms with Gasteiger partial charge in [-0.1, -0.05) is 50.9 Å². The fourth-order valence-corrected chi connectivity index (χ4v) is 4.46. The number of halogens is 1. The highest BCUT2D eigenvalue weighted by Crippen LogP contribution is 2.31. The SMILES string of the molecule is CCCCN(C(=O)c1ccc(-c2ccc(Cl)cc2)s1)c1c(N)n(CC(C)C)c(=O)[nH]c1=O. The molecule has 3 N–H and O–H groups in total. The van der Waals surface area contributed by atoms with Gasteiger partial charge in [0.1, 0.15) is 5.82 Å². The molecule has 0 aliphatic heterocycles. The maximum absolute atomic E-state index is 13.5. The fourth-order valence-electron chi connectivity index (χ4n) is 3.37. The zero-order chi connectivity index (χ0) is 23.4. The van der Waals surface area contributed by atoms with Crippen molar-refractivity contribution in [1.29, 1.82) is 0 Å². The number of nitrogens with two attached hydrogens (primary N) is 1. The molecule has 0 aliphatic carbocycles. The van der Waals surface area contributed by atoms with Crippen molar-refractivity contribution in [3.05, 3.63) is 67.1 Å². The molecule has 170 valence electrons. The van der Waals surface area contributed by atoms with Gasteiger partial charge in [0.15, 0.2) is 5.69 Å². The number of amides is 1. The van der Waals surface area contributed by atoms with E-state index in [2.05, 4.69) is 4.98 Å². The molecule has 2 aromatic heterocycles. The molecule has 0 saturated heterocycles. The molecule has 32 heavy (non-hydrogen) atoms. The first-order chi connectivity index (χ1) is 15.2. The molecule has 7 nitrogen and oxygen atoms in total. The predicted molar refractivity (Wildman–Crippen MR) is 132 cm³/mol. The molecule has 3 rings (SSSR count). The summed E-state index contributed by atoms with van der Waals surface area (Å²) in [5, 5.41) is 0.638. The van der Waals surface area contributed by atoms with Gasteiger partial charge in [-0.05, 0) is 42.2 Å². The monoisotopic (exact) mass is 474 g/mol. The first-order valence-electron chi connectivity index (χ1n) is 10.5. The van der Waals surface area contributed by atoms with Crippen LogP contribution in [0.15, 0.2) is 46.0 Å². The lowest BCUT2D eigenvalue weighted by molar-refractivity contribution is 0.0990. The Kier molecular flexibility index (Phi) is 7.58. The van der Waals surface area contributed by atoms with Crippen LogP contribution >= 0.6 is 22.9 Å². The van der Waals surface area contributed by atoms with Crippen LogP contribution in [0, 0.1) is 5.92 Å². The maximum Gasteiger partial charge on any atom is 0.330 e. The standard InChI is InChI=1S/C23H27ClN4O3S/c1-4-5-12-27(19-20(25)28(13-14(2)3)23(31)26-21(19)29)22(30)18-11-10-17(32-18)15-6-8-16(24)9-7-15/h6-11,14H,4-5,12-13,25H2,1-3H3,(H,26,29,31). The second-order valence-corrected chi connectivity index (χ2v) is 9.50. The zero-order valence-electron chi connectivity index (χ0n) is 18.4. The number of hydrogen-bond acceptors (Lipinski definition) is 5. The Balaban J connectivity index is 2.04. The predicted octanol–water partition coefficient (Wildman–Crippen LogP) is 4.60. The summed E-state index contributed by atoms with van der Waals surface area (Å²) >= 11 is 7.30. The summed E-state index contributed by atoms with van der Waals surface area (Å²) in [4.78, 5) is 43.7. The summed E-state index contributed by atoms with van der Waals surface area (Å²) in [6.45, 7) is 6.54. The lowest BCUT2D eigenvalue weighted by Gasteiger charge is -2.24. The second kappa shape index (κ2) is 10.2. The van der Waals surface area contributed by atoms with E-state index in [9.17, 15) is 14.4 Å². The number of aromatic amines is 1. The number of rotatable bonds is 8. The normalized spacial score (nSPS) is 11.2. The largest absolute Gasteiger partial charge is 0.383 e. The molecular weight excluding hydrogens is 448 g/mol. The lowest BCUT2D eigenvalue weighted by atomic mass is 10.2. The summed E-state index contributed by atoms with van der Waals surface area (Å²) in [7, 11) is 0. The van der Waals surface area contributed by atoms with Crippen LogP contribution in [0.4, 0.5) is 11.5 Å². The van der Waals surface area contributed by atoms with E-state index >= 15 is 0 Å². The van der Waals surface area contributed by atoms with Gasteiger partial charge in [0.2, 0.25) is 0 Å². The van der Waals surface area contributed by atoms with E-state index < -0.39 is 11.2 Å². The van der Waals surface area contributed by atoms with Crippen molar-refractivity contribution in [2.45, 2.75) is 40.2 Å². The van der Waals surface area contributed by atoms with Gasteiger partial charge in [-0.15, -0.1) is 11.3 Å². The number of thiophene rings is 1. The lowest BCUT2D eigenvalue weighted by Crippen LogP contribution is -2.41. The van der Waals surface area contributed by atoms with Crippen LogP contribution in [0.5, 0.6) is 0 Å². The van der Waals surface area contributed by atoms with Crippen molar-refractivity contribution in [3.8, 4) is 10.4 Å². The Morgan fingerprint density at radius 1 is 1.19 bits per heavy atom. The van der Waals surface area contributed by atoms with Crippen LogP contribution in [0.3, 0.4) is 0 Å². The van der Waals surface area contributed by atoms with Crippen molar-refractivity contribution in [2.24, 2.45) is 5.92 Å². The van der Waals surface area contributed by atoms with Gasteiger partial charge in [0.05, 0.1) is 4.88 Å². The van der Waals surface area contributed by atoms with E-state index in [0.29, 0.717) is 29.4 Å². The van der Waals surface area contributed by atoms with E-state index in [0.717, 1.165) is 16.9 Å².